The highest BCUT2D eigenvalue weighted by Crippen LogP contribution is 2.39. The lowest BCUT2D eigenvalue weighted by Gasteiger charge is -2.47. The number of carbonyl (C=O) groups excluding carboxylic acids is 1. The van der Waals surface area contributed by atoms with Gasteiger partial charge in [-0.1, -0.05) is 25.0 Å². The minimum atomic E-state index is -0.451. The minimum absolute atomic E-state index is 0.0108. The molecular weight excluding hydrogens is 316 g/mol. The maximum atomic E-state index is 12.3. The Morgan fingerprint density at radius 3 is 3.04 bits per heavy atom. The topological polar surface area (TPSA) is 61.8 Å². The summed E-state index contributed by atoms with van der Waals surface area (Å²) in [4.78, 5) is 14.6. The molecule has 1 amide bonds. The SMILES string of the molecule is CCOc1ccccc1NC(=O)CCN1CCC2(O)CCCCC2C1. The van der Waals surface area contributed by atoms with Crippen LogP contribution in [0.15, 0.2) is 24.3 Å². The lowest BCUT2D eigenvalue weighted by atomic mass is 9.71. The van der Waals surface area contributed by atoms with E-state index in [4.69, 9.17) is 4.74 Å². The van der Waals surface area contributed by atoms with E-state index in [0.29, 0.717) is 24.7 Å². The van der Waals surface area contributed by atoms with Crippen molar-refractivity contribution in [2.75, 3.05) is 31.6 Å². The average Bonchev–Trinajstić information content (AvgIpc) is 2.61. The molecule has 1 saturated heterocycles. The summed E-state index contributed by atoms with van der Waals surface area (Å²) in [5.41, 5.74) is 0.280. The number of anilines is 1. The third-order valence-corrected chi connectivity index (χ3v) is 5.63. The second-order valence-corrected chi connectivity index (χ2v) is 7.32. The lowest BCUT2D eigenvalue weighted by Crippen LogP contribution is -2.53. The van der Waals surface area contributed by atoms with Gasteiger partial charge in [-0.05, 0) is 38.3 Å². The van der Waals surface area contributed by atoms with Gasteiger partial charge in [0.1, 0.15) is 5.75 Å². The number of para-hydroxylation sites is 2. The summed E-state index contributed by atoms with van der Waals surface area (Å²) in [6.45, 7) is 5.05. The van der Waals surface area contributed by atoms with Crippen LogP contribution in [0.2, 0.25) is 0 Å². The molecule has 1 heterocycles. The van der Waals surface area contributed by atoms with Crippen molar-refractivity contribution >= 4 is 11.6 Å². The first-order chi connectivity index (χ1) is 12.1. The molecule has 5 heteroatoms. The van der Waals surface area contributed by atoms with Gasteiger partial charge >= 0.3 is 0 Å². The van der Waals surface area contributed by atoms with Gasteiger partial charge in [-0.25, -0.2) is 0 Å². The molecule has 1 aliphatic carbocycles. The minimum Gasteiger partial charge on any atom is -0.492 e. The summed E-state index contributed by atoms with van der Waals surface area (Å²) in [5.74, 6) is 1.09. The molecule has 2 aliphatic rings. The van der Waals surface area contributed by atoms with E-state index in [0.717, 1.165) is 51.0 Å². The van der Waals surface area contributed by atoms with Crippen molar-refractivity contribution in [1.82, 2.24) is 4.90 Å². The number of piperidine rings is 1. The first kappa shape index (κ1) is 18.2. The number of nitrogens with one attached hydrogen (secondary N) is 1. The number of likely N-dealkylation sites (tertiary alicyclic amines) is 1. The number of nitrogens with zero attached hydrogens (tertiary/aromatic N) is 1. The van der Waals surface area contributed by atoms with Crippen molar-refractivity contribution in [3.05, 3.63) is 24.3 Å². The van der Waals surface area contributed by atoms with Gasteiger partial charge in [0.05, 0.1) is 17.9 Å². The molecule has 0 aromatic heterocycles. The van der Waals surface area contributed by atoms with Gasteiger partial charge < -0.3 is 20.1 Å². The molecule has 0 bridgehead atoms. The smallest absolute Gasteiger partial charge is 0.225 e. The van der Waals surface area contributed by atoms with Crippen molar-refractivity contribution in [2.24, 2.45) is 5.92 Å². The molecule has 5 nitrogen and oxygen atoms in total. The van der Waals surface area contributed by atoms with Crippen molar-refractivity contribution < 1.29 is 14.6 Å². The Kier molecular flexibility index (Phi) is 5.97. The van der Waals surface area contributed by atoms with Gasteiger partial charge in [0.25, 0.3) is 0 Å². The summed E-state index contributed by atoms with van der Waals surface area (Å²) < 4.78 is 5.55. The fourth-order valence-corrected chi connectivity index (χ4v) is 4.17. The van der Waals surface area contributed by atoms with Gasteiger partial charge in [-0.2, -0.15) is 0 Å². The molecule has 3 rings (SSSR count). The van der Waals surface area contributed by atoms with Crippen LogP contribution in [-0.2, 0) is 4.79 Å². The summed E-state index contributed by atoms with van der Waals surface area (Å²) in [5, 5.41) is 13.7. The zero-order valence-electron chi connectivity index (χ0n) is 15.2. The monoisotopic (exact) mass is 346 g/mol. The van der Waals surface area contributed by atoms with Crippen LogP contribution in [0.3, 0.4) is 0 Å². The molecular formula is C20H30N2O3. The number of benzene rings is 1. The molecule has 1 saturated carbocycles. The van der Waals surface area contributed by atoms with Crippen molar-refractivity contribution in [1.29, 1.82) is 0 Å². The third kappa shape index (κ3) is 4.53. The van der Waals surface area contributed by atoms with Gasteiger partial charge in [-0.3, -0.25) is 4.79 Å². The highest BCUT2D eigenvalue weighted by atomic mass is 16.5. The molecule has 2 atom stereocenters. The molecule has 2 fully saturated rings. The van der Waals surface area contributed by atoms with Crippen LogP contribution in [0.4, 0.5) is 5.69 Å². The standard InChI is InChI=1S/C20H30N2O3/c1-2-25-18-9-4-3-8-17(18)21-19(23)10-13-22-14-12-20(24)11-6-5-7-16(20)15-22/h3-4,8-9,16,24H,2,5-7,10-15H2,1H3,(H,21,23). The van der Waals surface area contributed by atoms with E-state index in [1.54, 1.807) is 0 Å². The molecule has 0 radical (unpaired) electrons. The van der Waals surface area contributed by atoms with Crippen LogP contribution < -0.4 is 10.1 Å². The van der Waals surface area contributed by atoms with E-state index < -0.39 is 5.60 Å². The number of amides is 1. The molecule has 1 aromatic rings. The van der Waals surface area contributed by atoms with E-state index in [-0.39, 0.29) is 5.91 Å². The Bertz CT molecular complexity index is 592. The maximum Gasteiger partial charge on any atom is 0.225 e. The molecule has 25 heavy (non-hydrogen) atoms. The summed E-state index contributed by atoms with van der Waals surface area (Å²) in [6, 6.07) is 7.53. The van der Waals surface area contributed by atoms with E-state index in [2.05, 4.69) is 10.2 Å². The average molecular weight is 346 g/mol. The number of rotatable bonds is 6. The maximum absolute atomic E-state index is 12.3. The van der Waals surface area contributed by atoms with Crippen LogP contribution in [0, 0.1) is 5.92 Å². The van der Waals surface area contributed by atoms with Gasteiger partial charge in [0.15, 0.2) is 0 Å². The molecule has 1 aromatic carbocycles. The van der Waals surface area contributed by atoms with E-state index in [1.165, 1.54) is 6.42 Å². The number of hydrogen-bond donors (Lipinski definition) is 2. The number of carbonyl (C=O) groups is 1. The quantitative estimate of drug-likeness (QED) is 0.831. The summed E-state index contributed by atoms with van der Waals surface area (Å²) in [7, 11) is 0. The highest BCUT2D eigenvalue weighted by molar-refractivity contribution is 5.92. The Hall–Kier alpha value is -1.59. The van der Waals surface area contributed by atoms with Gasteiger partial charge in [0, 0.05) is 32.0 Å². The number of aliphatic hydroxyl groups is 1. The van der Waals surface area contributed by atoms with E-state index in [1.807, 2.05) is 31.2 Å². The largest absolute Gasteiger partial charge is 0.492 e. The zero-order chi connectivity index (χ0) is 17.7. The van der Waals surface area contributed by atoms with E-state index >= 15 is 0 Å². The molecule has 138 valence electrons. The van der Waals surface area contributed by atoms with Gasteiger partial charge in [0.2, 0.25) is 5.91 Å². The van der Waals surface area contributed by atoms with Crippen molar-refractivity contribution in [3.63, 3.8) is 0 Å². The first-order valence-corrected chi connectivity index (χ1v) is 9.57. The lowest BCUT2D eigenvalue weighted by molar-refractivity contribution is -0.117. The predicted octanol–water partition coefficient (Wildman–Crippen LogP) is 3.04. The van der Waals surface area contributed by atoms with Crippen molar-refractivity contribution in [2.45, 2.75) is 51.0 Å². The molecule has 0 spiro atoms. The van der Waals surface area contributed by atoms with Crippen LogP contribution in [-0.4, -0.2) is 47.8 Å². The van der Waals surface area contributed by atoms with Gasteiger partial charge in [-0.15, -0.1) is 0 Å². The fraction of sp³-hybridized carbons (Fsp3) is 0.650. The van der Waals surface area contributed by atoms with Crippen LogP contribution >= 0.6 is 0 Å². The first-order valence-electron chi connectivity index (χ1n) is 9.57. The Morgan fingerprint density at radius 1 is 1.36 bits per heavy atom. The summed E-state index contributed by atoms with van der Waals surface area (Å²) >= 11 is 0. The highest BCUT2D eigenvalue weighted by Gasteiger charge is 2.42. The third-order valence-electron chi connectivity index (χ3n) is 5.63. The number of fused-ring (bicyclic) bond motifs is 1. The van der Waals surface area contributed by atoms with E-state index in [9.17, 15) is 9.90 Å². The number of ether oxygens (including phenoxy) is 1. The zero-order valence-corrected chi connectivity index (χ0v) is 15.2. The van der Waals surface area contributed by atoms with Crippen molar-refractivity contribution in [3.8, 4) is 5.75 Å². The van der Waals surface area contributed by atoms with Crippen LogP contribution in [0.25, 0.3) is 0 Å². The second-order valence-electron chi connectivity index (χ2n) is 7.32. The number of hydrogen-bond acceptors (Lipinski definition) is 4. The summed E-state index contributed by atoms with van der Waals surface area (Å²) in [6.07, 6.45) is 5.73. The molecule has 2 N–H and O–H groups in total. The fourth-order valence-electron chi connectivity index (χ4n) is 4.17. The Labute approximate surface area is 150 Å². The van der Waals surface area contributed by atoms with Crippen LogP contribution in [0.1, 0.15) is 45.4 Å². The molecule has 1 aliphatic heterocycles. The van der Waals surface area contributed by atoms with Crippen LogP contribution in [0.5, 0.6) is 5.75 Å². The molecule has 2 unspecified atom stereocenters. The Morgan fingerprint density at radius 2 is 2.20 bits per heavy atom. The second kappa shape index (κ2) is 8.19. The Balaban J connectivity index is 1.48. The normalized spacial score (nSPS) is 26.7. The predicted molar refractivity (Wildman–Crippen MR) is 98.8 cm³/mol.